The van der Waals surface area contributed by atoms with Crippen LogP contribution in [0, 0.1) is 11.3 Å². The highest BCUT2D eigenvalue weighted by atomic mass is 16.7. The summed E-state index contributed by atoms with van der Waals surface area (Å²) in [6.45, 7) is 5.71. The van der Waals surface area contributed by atoms with E-state index in [0.29, 0.717) is 0 Å². The summed E-state index contributed by atoms with van der Waals surface area (Å²) in [5, 5.41) is 0. The molecule has 0 aliphatic carbocycles. The molecule has 5 heteroatoms. The van der Waals surface area contributed by atoms with Crippen molar-refractivity contribution < 1.29 is 23.9 Å². The van der Waals surface area contributed by atoms with Gasteiger partial charge >= 0.3 is 11.9 Å². The number of carbonyl (C=O) groups is 3. The molecule has 0 saturated carbocycles. The Kier molecular flexibility index (Phi) is 2.83. The molecule has 1 fully saturated rings. The summed E-state index contributed by atoms with van der Waals surface area (Å²) in [6.07, 6.45) is -0.955. The van der Waals surface area contributed by atoms with Crippen molar-refractivity contribution in [3.05, 3.63) is 0 Å². The molecule has 0 amide bonds. The fraction of sp³-hybridized carbons (Fsp3) is 0.700. The molecule has 0 bridgehead atoms. The Balaban J connectivity index is 2.92. The monoisotopic (exact) mass is 214 g/mol. The van der Waals surface area contributed by atoms with Crippen LogP contribution in [0.25, 0.3) is 0 Å². The Morgan fingerprint density at radius 3 is 2.27 bits per heavy atom. The molecule has 0 spiro atoms. The number of carbonyl (C=O) groups excluding carboxylic acids is 3. The normalized spacial score (nSPS) is 34.8. The van der Waals surface area contributed by atoms with Crippen LogP contribution in [0.2, 0.25) is 0 Å². The summed E-state index contributed by atoms with van der Waals surface area (Å²) in [5.74, 6) is -1.91. The Labute approximate surface area is 87.7 Å². The zero-order valence-electron chi connectivity index (χ0n) is 9.20. The number of ketones is 1. The van der Waals surface area contributed by atoms with E-state index < -0.39 is 29.6 Å². The van der Waals surface area contributed by atoms with Crippen LogP contribution in [0.1, 0.15) is 27.7 Å². The van der Waals surface area contributed by atoms with Crippen molar-refractivity contribution in [3.63, 3.8) is 0 Å². The lowest BCUT2D eigenvalue weighted by atomic mass is 9.77. The van der Waals surface area contributed by atoms with Gasteiger partial charge in [-0.15, -0.1) is 0 Å². The molecule has 1 saturated heterocycles. The smallest absolute Gasteiger partial charge is 0.322 e. The number of Topliss-reactive ketones (excluding diaryl/α,β-unsaturated/α-hetero) is 1. The summed E-state index contributed by atoms with van der Waals surface area (Å²) in [7, 11) is 0. The van der Waals surface area contributed by atoms with Crippen molar-refractivity contribution in [2.45, 2.75) is 34.0 Å². The van der Waals surface area contributed by atoms with E-state index in [1.807, 2.05) is 0 Å². The van der Waals surface area contributed by atoms with Crippen molar-refractivity contribution in [1.82, 2.24) is 0 Å². The van der Waals surface area contributed by atoms with E-state index >= 15 is 0 Å². The second kappa shape index (κ2) is 3.64. The Bertz CT molecular complexity index is 322. The molecule has 0 unspecified atom stereocenters. The molecule has 0 aromatic carbocycles. The Hall–Kier alpha value is -1.39. The van der Waals surface area contributed by atoms with Gasteiger partial charge in [-0.25, -0.2) is 0 Å². The van der Waals surface area contributed by atoms with E-state index in [-0.39, 0.29) is 5.78 Å². The number of rotatable bonds is 2. The van der Waals surface area contributed by atoms with Crippen LogP contribution in [0.4, 0.5) is 0 Å². The van der Waals surface area contributed by atoms with Crippen LogP contribution in [-0.2, 0) is 23.9 Å². The average molecular weight is 214 g/mol. The number of hydrogen-bond donors (Lipinski definition) is 0. The molecule has 1 aliphatic heterocycles. The van der Waals surface area contributed by atoms with Crippen molar-refractivity contribution in [2.24, 2.45) is 11.3 Å². The van der Waals surface area contributed by atoms with Gasteiger partial charge in [0.15, 0.2) is 0 Å². The van der Waals surface area contributed by atoms with Crippen molar-refractivity contribution in [3.8, 4) is 0 Å². The second-order valence-electron chi connectivity index (χ2n) is 3.93. The lowest BCUT2D eigenvalue weighted by Crippen LogP contribution is -2.37. The number of ether oxygens (including phenoxy) is 2. The summed E-state index contributed by atoms with van der Waals surface area (Å²) >= 11 is 0. The molecule has 0 radical (unpaired) electrons. The molecular formula is C10H14O5. The Morgan fingerprint density at radius 1 is 1.40 bits per heavy atom. The Morgan fingerprint density at radius 2 is 1.93 bits per heavy atom. The van der Waals surface area contributed by atoms with Crippen molar-refractivity contribution in [1.29, 1.82) is 0 Å². The zero-order chi connectivity index (χ0) is 11.8. The van der Waals surface area contributed by atoms with Crippen LogP contribution in [-0.4, -0.2) is 24.0 Å². The molecule has 5 nitrogen and oxygen atoms in total. The highest BCUT2D eigenvalue weighted by Crippen LogP contribution is 2.40. The molecule has 1 rings (SSSR count). The minimum absolute atomic E-state index is 0.283. The van der Waals surface area contributed by atoms with Crippen molar-refractivity contribution in [2.75, 3.05) is 0 Å². The third-order valence-electron chi connectivity index (χ3n) is 2.98. The number of cyclic esters (lactones) is 1. The first-order valence-corrected chi connectivity index (χ1v) is 4.69. The lowest BCUT2D eigenvalue weighted by molar-refractivity contribution is -0.179. The number of esters is 2. The van der Waals surface area contributed by atoms with Gasteiger partial charge in [0.2, 0.25) is 0 Å². The molecule has 1 heterocycles. The molecule has 3 atom stereocenters. The van der Waals surface area contributed by atoms with Gasteiger partial charge in [-0.2, -0.15) is 0 Å². The molecular weight excluding hydrogens is 200 g/mol. The zero-order valence-corrected chi connectivity index (χ0v) is 9.20. The predicted octanol–water partition coefficient (Wildman–Crippen LogP) is 0.664. The molecule has 15 heavy (non-hydrogen) atoms. The topological polar surface area (TPSA) is 69.7 Å². The third-order valence-corrected chi connectivity index (χ3v) is 2.98. The van der Waals surface area contributed by atoms with E-state index in [4.69, 9.17) is 9.47 Å². The predicted molar refractivity (Wildman–Crippen MR) is 49.6 cm³/mol. The maximum Gasteiger partial charge on any atom is 0.322 e. The number of hydrogen-bond acceptors (Lipinski definition) is 5. The van der Waals surface area contributed by atoms with E-state index in [1.54, 1.807) is 6.92 Å². The lowest BCUT2D eigenvalue weighted by Gasteiger charge is -2.21. The van der Waals surface area contributed by atoms with Crippen LogP contribution in [0.5, 0.6) is 0 Å². The summed E-state index contributed by atoms with van der Waals surface area (Å²) < 4.78 is 9.66. The summed E-state index contributed by atoms with van der Waals surface area (Å²) in [4.78, 5) is 33.6. The highest BCUT2D eigenvalue weighted by Gasteiger charge is 2.56. The van der Waals surface area contributed by atoms with E-state index in [1.165, 1.54) is 20.8 Å². The minimum atomic E-state index is -1.21. The first-order chi connectivity index (χ1) is 6.80. The summed E-state index contributed by atoms with van der Waals surface area (Å²) in [5.41, 5.74) is -1.21. The molecule has 84 valence electrons. The maximum absolute atomic E-state index is 11.5. The van der Waals surface area contributed by atoms with Gasteiger partial charge in [-0.1, -0.05) is 6.92 Å². The van der Waals surface area contributed by atoms with Crippen molar-refractivity contribution >= 4 is 17.7 Å². The standard InChI is InChI=1S/C10H14O5/c1-5-8(14-7(3)12)15-9(13)10(5,4)6(2)11/h5,8H,1-4H3/t5-,8+,10+/m1/s1. The first-order valence-electron chi connectivity index (χ1n) is 4.69. The van der Waals surface area contributed by atoms with Gasteiger partial charge in [0.1, 0.15) is 11.2 Å². The molecule has 0 aromatic rings. The largest absolute Gasteiger partial charge is 0.425 e. The quantitative estimate of drug-likeness (QED) is 0.499. The van der Waals surface area contributed by atoms with Gasteiger partial charge < -0.3 is 9.47 Å². The van der Waals surface area contributed by atoms with Gasteiger partial charge in [0.25, 0.3) is 6.29 Å². The third kappa shape index (κ3) is 1.73. The van der Waals surface area contributed by atoms with Gasteiger partial charge in [0.05, 0.1) is 5.92 Å². The molecule has 0 N–H and O–H groups in total. The van der Waals surface area contributed by atoms with Crippen LogP contribution < -0.4 is 0 Å². The van der Waals surface area contributed by atoms with Gasteiger partial charge in [-0.3, -0.25) is 14.4 Å². The van der Waals surface area contributed by atoms with E-state index in [9.17, 15) is 14.4 Å². The van der Waals surface area contributed by atoms with E-state index in [2.05, 4.69) is 0 Å². The summed E-state index contributed by atoms with van der Waals surface area (Å²) in [6, 6.07) is 0. The second-order valence-corrected chi connectivity index (χ2v) is 3.93. The average Bonchev–Trinajstić information content (AvgIpc) is 2.31. The van der Waals surface area contributed by atoms with Gasteiger partial charge in [-0.05, 0) is 13.8 Å². The van der Waals surface area contributed by atoms with Crippen LogP contribution in [0.3, 0.4) is 0 Å². The SMILES string of the molecule is CC(=O)O[C@H]1OC(=O)[C@](C)(C(C)=O)[C@@H]1C. The van der Waals surface area contributed by atoms with Crippen LogP contribution >= 0.6 is 0 Å². The maximum atomic E-state index is 11.5. The van der Waals surface area contributed by atoms with E-state index in [0.717, 1.165) is 0 Å². The highest BCUT2D eigenvalue weighted by molar-refractivity contribution is 6.03. The molecule has 1 aliphatic rings. The minimum Gasteiger partial charge on any atom is -0.425 e. The molecule has 0 aromatic heterocycles. The fourth-order valence-corrected chi connectivity index (χ4v) is 1.54. The first kappa shape index (κ1) is 11.7. The van der Waals surface area contributed by atoms with Gasteiger partial charge in [0, 0.05) is 6.92 Å². The fourth-order valence-electron chi connectivity index (χ4n) is 1.54. The van der Waals surface area contributed by atoms with Crippen LogP contribution in [0.15, 0.2) is 0 Å².